The van der Waals surface area contributed by atoms with Gasteiger partial charge in [-0.2, -0.15) is 0 Å². The highest BCUT2D eigenvalue weighted by atomic mass is 14.7. The third kappa shape index (κ3) is 0.867. The summed E-state index contributed by atoms with van der Waals surface area (Å²) in [6.45, 7) is 0. The van der Waals surface area contributed by atoms with Crippen LogP contribution < -0.4 is 6.15 Å². The molecular formula is C7H6N3. The number of pyridine rings is 1. The molecule has 2 rings (SSSR count). The Morgan fingerprint density at radius 1 is 1.30 bits per heavy atom. The number of nitrogens with one attached hydrogen (secondary N) is 1. The summed E-state index contributed by atoms with van der Waals surface area (Å²) in [5, 5.41) is 1.21. The van der Waals surface area contributed by atoms with Gasteiger partial charge in [0, 0.05) is 23.9 Å². The maximum absolute atomic E-state index is 3.95. The molecule has 0 atom stereocenters. The third-order valence-corrected chi connectivity index (χ3v) is 1.36. The summed E-state index contributed by atoms with van der Waals surface area (Å²) in [4.78, 5) is 7.01. The van der Waals surface area contributed by atoms with Crippen molar-refractivity contribution >= 4 is 10.9 Å². The summed E-state index contributed by atoms with van der Waals surface area (Å²) < 4.78 is 0. The van der Waals surface area contributed by atoms with Gasteiger partial charge < -0.3 is 4.98 Å². The van der Waals surface area contributed by atoms with Crippen molar-refractivity contribution in [3.63, 3.8) is 0 Å². The zero-order valence-corrected chi connectivity index (χ0v) is 5.28. The zero-order chi connectivity index (χ0) is 6.10. The van der Waals surface area contributed by atoms with E-state index in [1.54, 1.807) is 6.20 Å². The van der Waals surface area contributed by atoms with E-state index < -0.39 is 0 Å². The number of nitrogens with zero attached hydrogens (tertiary/aromatic N) is 2. The van der Waals surface area contributed by atoms with Gasteiger partial charge in [-0.05, 0) is 12.1 Å². The molecule has 3 radical (unpaired) electrons. The Bertz CT molecular complexity index is 283. The number of H-pyrrole nitrogens is 1. The van der Waals surface area contributed by atoms with Crippen molar-refractivity contribution in [1.29, 1.82) is 0 Å². The summed E-state index contributed by atoms with van der Waals surface area (Å²) >= 11 is 0. The molecule has 0 bridgehead atoms. The number of hydrogen-bond acceptors (Lipinski definition) is 1. The molecule has 0 amide bonds. The molecule has 0 unspecified atom stereocenters. The summed E-state index contributed by atoms with van der Waals surface area (Å²) in [6.07, 6.45) is 5.51. The highest BCUT2D eigenvalue weighted by Gasteiger charge is 1.87. The maximum atomic E-state index is 3.95. The smallest absolute Gasteiger partial charge is 0.0640 e. The minimum Gasteiger partial charge on any atom is -0.360 e. The fraction of sp³-hybridized carbons (Fsp3) is 0. The Kier molecular flexibility index (Phi) is 1.69. The van der Waals surface area contributed by atoms with Gasteiger partial charge in [0.05, 0.1) is 11.7 Å². The highest BCUT2D eigenvalue weighted by molar-refractivity contribution is 5.77. The van der Waals surface area contributed by atoms with E-state index in [1.807, 2.05) is 24.5 Å². The zero-order valence-electron chi connectivity index (χ0n) is 5.28. The van der Waals surface area contributed by atoms with Crippen LogP contribution in [0.15, 0.2) is 30.7 Å². The quantitative estimate of drug-likeness (QED) is 0.572. The van der Waals surface area contributed by atoms with Crippen molar-refractivity contribution < 1.29 is 0 Å². The average molecular weight is 132 g/mol. The lowest BCUT2D eigenvalue weighted by Gasteiger charge is -1.82. The van der Waals surface area contributed by atoms with E-state index in [4.69, 9.17) is 0 Å². The fourth-order valence-corrected chi connectivity index (χ4v) is 0.892. The van der Waals surface area contributed by atoms with Gasteiger partial charge in [0.25, 0.3) is 0 Å². The molecule has 2 aromatic rings. The predicted octanol–water partition coefficient (Wildman–Crippen LogP) is 1.08. The molecule has 0 aromatic carbocycles. The lowest BCUT2D eigenvalue weighted by molar-refractivity contribution is 1.34. The van der Waals surface area contributed by atoms with Gasteiger partial charge in [-0.15, -0.1) is 0 Å². The molecule has 49 valence electrons. The van der Waals surface area contributed by atoms with Crippen LogP contribution >= 0.6 is 0 Å². The summed E-state index contributed by atoms with van der Waals surface area (Å²) in [5.41, 5.74) is 1.09. The van der Waals surface area contributed by atoms with Crippen LogP contribution in [0.25, 0.3) is 10.9 Å². The number of aromatic amines is 1. The van der Waals surface area contributed by atoms with Crippen molar-refractivity contribution in [2.24, 2.45) is 0 Å². The molecule has 0 saturated carbocycles. The van der Waals surface area contributed by atoms with Crippen molar-refractivity contribution in [2.75, 3.05) is 0 Å². The third-order valence-electron chi connectivity index (χ3n) is 1.36. The van der Waals surface area contributed by atoms with Gasteiger partial charge >= 0.3 is 0 Å². The minimum atomic E-state index is 0. The summed E-state index contributed by atoms with van der Waals surface area (Å²) in [6, 6.07) is 4.00. The molecule has 2 heterocycles. The van der Waals surface area contributed by atoms with E-state index in [1.165, 1.54) is 5.39 Å². The second-order valence-corrected chi connectivity index (χ2v) is 1.94. The number of aromatic nitrogens is 2. The first-order valence-electron chi connectivity index (χ1n) is 2.84. The molecule has 0 spiro atoms. The van der Waals surface area contributed by atoms with Crippen LogP contribution in [0.3, 0.4) is 0 Å². The van der Waals surface area contributed by atoms with E-state index in [-0.39, 0.29) is 6.15 Å². The first kappa shape index (κ1) is 6.77. The van der Waals surface area contributed by atoms with E-state index in [2.05, 4.69) is 9.97 Å². The van der Waals surface area contributed by atoms with Gasteiger partial charge in [0.15, 0.2) is 0 Å². The van der Waals surface area contributed by atoms with Gasteiger partial charge in [0.2, 0.25) is 0 Å². The molecular weight excluding hydrogens is 126 g/mol. The van der Waals surface area contributed by atoms with E-state index in [0.717, 1.165) is 5.52 Å². The van der Waals surface area contributed by atoms with Crippen molar-refractivity contribution in [2.45, 2.75) is 0 Å². The van der Waals surface area contributed by atoms with E-state index >= 15 is 0 Å². The van der Waals surface area contributed by atoms with Crippen LogP contribution in [0.2, 0.25) is 0 Å². The fourth-order valence-electron chi connectivity index (χ4n) is 0.892. The summed E-state index contributed by atoms with van der Waals surface area (Å²) in [7, 11) is 0. The lowest BCUT2D eigenvalue weighted by Crippen LogP contribution is -1.68. The molecule has 2 aromatic heterocycles. The molecule has 0 aliphatic carbocycles. The molecule has 0 aliphatic rings. The molecule has 0 aliphatic heterocycles. The SMILES string of the molecule is [N].c1cc2cc[nH]c2cn1. The van der Waals surface area contributed by atoms with Crippen LogP contribution in [0.1, 0.15) is 0 Å². The predicted molar refractivity (Wildman–Crippen MR) is 38.2 cm³/mol. The molecule has 0 saturated heterocycles. The van der Waals surface area contributed by atoms with Gasteiger partial charge in [-0.1, -0.05) is 0 Å². The van der Waals surface area contributed by atoms with Crippen LogP contribution in [0.4, 0.5) is 0 Å². The van der Waals surface area contributed by atoms with E-state index in [9.17, 15) is 0 Å². The number of hydrogen-bond donors (Lipinski definition) is 1. The monoisotopic (exact) mass is 132 g/mol. The average Bonchev–Trinajstić information content (AvgIpc) is 2.33. The Hall–Kier alpha value is -1.35. The minimum absolute atomic E-state index is 0. The Labute approximate surface area is 58.7 Å². The van der Waals surface area contributed by atoms with Crippen LogP contribution in [0.5, 0.6) is 0 Å². The Morgan fingerprint density at radius 2 is 2.20 bits per heavy atom. The Balaban J connectivity index is 0.000000500. The normalized spacial score (nSPS) is 9.20. The van der Waals surface area contributed by atoms with Gasteiger partial charge in [-0.25, -0.2) is 0 Å². The molecule has 3 nitrogen and oxygen atoms in total. The van der Waals surface area contributed by atoms with E-state index in [0.29, 0.717) is 0 Å². The lowest BCUT2D eigenvalue weighted by atomic mass is 10.3. The molecule has 3 heteroatoms. The number of fused-ring (bicyclic) bond motifs is 1. The topological polar surface area (TPSA) is 59.2 Å². The number of rotatable bonds is 0. The second-order valence-electron chi connectivity index (χ2n) is 1.94. The first-order valence-corrected chi connectivity index (χ1v) is 2.84. The first-order chi connectivity index (χ1) is 4.47. The van der Waals surface area contributed by atoms with Crippen LogP contribution in [-0.2, 0) is 0 Å². The molecule has 0 fully saturated rings. The van der Waals surface area contributed by atoms with Crippen LogP contribution in [0, 0.1) is 0 Å². The molecule has 1 N–H and O–H groups in total. The Morgan fingerprint density at radius 3 is 3.00 bits per heavy atom. The van der Waals surface area contributed by atoms with Crippen molar-refractivity contribution in [1.82, 2.24) is 16.1 Å². The van der Waals surface area contributed by atoms with Crippen molar-refractivity contribution in [3.05, 3.63) is 30.7 Å². The largest absolute Gasteiger partial charge is 0.360 e. The molecule has 10 heavy (non-hydrogen) atoms. The van der Waals surface area contributed by atoms with Gasteiger partial charge in [0.1, 0.15) is 0 Å². The van der Waals surface area contributed by atoms with Crippen molar-refractivity contribution in [3.8, 4) is 0 Å². The standard InChI is InChI=1S/C7H6N2.N/c1-3-8-5-7-6(1)2-4-9-7;/h1-5,9H;. The maximum Gasteiger partial charge on any atom is 0.0640 e. The summed E-state index contributed by atoms with van der Waals surface area (Å²) in [5.74, 6) is 0. The highest BCUT2D eigenvalue weighted by Crippen LogP contribution is 2.07. The second kappa shape index (κ2) is 2.49. The van der Waals surface area contributed by atoms with Gasteiger partial charge in [-0.3, -0.25) is 4.98 Å². The van der Waals surface area contributed by atoms with Crippen LogP contribution in [-0.4, -0.2) is 9.97 Å².